The summed E-state index contributed by atoms with van der Waals surface area (Å²) in [4.78, 5) is 21.1. The van der Waals surface area contributed by atoms with E-state index in [0.29, 0.717) is 23.1 Å². The third kappa shape index (κ3) is 3.85. The van der Waals surface area contributed by atoms with Crippen molar-refractivity contribution in [2.24, 2.45) is 0 Å². The number of hydrogen-bond donors (Lipinski definition) is 1. The third-order valence-corrected chi connectivity index (χ3v) is 3.67. The predicted octanol–water partition coefficient (Wildman–Crippen LogP) is 4.73. The number of nitrogens with one attached hydrogen (secondary N) is 1. The molecule has 0 aliphatic heterocycles. The molecular weight excluding hydrogens is 345 g/mol. The maximum Gasteiger partial charge on any atom is 0.360 e. The van der Waals surface area contributed by atoms with Gasteiger partial charge < -0.3 is 10.1 Å². The van der Waals surface area contributed by atoms with E-state index >= 15 is 0 Å². The van der Waals surface area contributed by atoms with E-state index in [2.05, 4.69) is 15.3 Å². The second kappa shape index (κ2) is 7.44. The van der Waals surface area contributed by atoms with Crippen molar-refractivity contribution in [1.29, 1.82) is 0 Å². The molecule has 3 rings (SSSR count). The SMILES string of the molecule is CCCOC(=O)c1nc2ccccc2nc1Nc1ccc(F)c(Cl)c1. The van der Waals surface area contributed by atoms with Gasteiger partial charge in [-0.3, -0.25) is 0 Å². The molecule has 2 aromatic carbocycles. The minimum absolute atomic E-state index is 0.0335. The third-order valence-electron chi connectivity index (χ3n) is 3.38. The largest absolute Gasteiger partial charge is 0.461 e. The lowest BCUT2D eigenvalue weighted by Crippen LogP contribution is -2.12. The fourth-order valence-corrected chi connectivity index (χ4v) is 2.38. The van der Waals surface area contributed by atoms with Crippen molar-refractivity contribution < 1.29 is 13.9 Å². The molecular formula is C18H15ClFN3O2. The minimum atomic E-state index is -0.573. The van der Waals surface area contributed by atoms with Crippen molar-refractivity contribution in [3.63, 3.8) is 0 Å². The molecule has 7 heteroatoms. The van der Waals surface area contributed by atoms with Crippen LogP contribution < -0.4 is 5.32 Å². The first-order chi connectivity index (χ1) is 12.1. The Labute approximate surface area is 148 Å². The van der Waals surface area contributed by atoms with Gasteiger partial charge in [0.15, 0.2) is 11.5 Å². The molecule has 1 heterocycles. The van der Waals surface area contributed by atoms with Gasteiger partial charge in [-0.05, 0) is 36.8 Å². The van der Waals surface area contributed by atoms with Crippen LogP contribution in [0.1, 0.15) is 23.8 Å². The van der Waals surface area contributed by atoms with Gasteiger partial charge in [0.05, 0.1) is 22.7 Å². The van der Waals surface area contributed by atoms with Crippen LogP contribution in [0.5, 0.6) is 0 Å². The van der Waals surface area contributed by atoms with Crippen LogP contribution in [-0.4, -0.2) is 22.5 Å². The molecule has 0 atom stereocenters. The average molecular weight is 360 g/mol. The summed E-state index contributed by atoms with van der Waals surface area (Å²) in [7, 11) is 0. The molecule has 0 fully saturated rings. The van der Waals surface area contributed by atoms with Crippen molar-refractivity contribution in [1.82, 2.24) is 9.97 Å². The number of carbonyl (C=O) groups excluding carboxylic acids is 1. The number of benzene rings is 2. The van der Waals surface area contributed by atoms with Crippen LogP contribution in [0.15, 0.2) is 42.5 Å². The molecule has 0 bridgehead atoms. The first kappa shape index (κ1) is 17.1. The molecule has 0 spiro atoms. The molecule has 128 valence electrons. The van der Waals surface area contributed by atoms with Gasteiger partial charge in [0, 0.05) is 5.69 Å². The van der Waals surface area contributed by atoms with Crippen LogP contribution in [0.2, 0.25) is 5.02 Å². The standard InChI is InChI=1S/C18H15ClFN3O2/c1-2-9-25-18(24)16-17(21-11-7-8-13(20)12(19)10-11)23-15-6-4-3-5-14(15)22-16/h3-8,10H,2,9H2,1H3,(H,21,23). The molecule has 0 radical (unpaired) electrons. The zero-order valence-electron chi connectivity index (χ0n) is 13.4. The Morgan fingerprint density at radius 1 is 1.20 bits per heavy atom. The zero-order valence-corrected chi connectivity index (χ0v) is 14.2. The number of halogens is 2. The maximum atomic E-state index is 13.3. The average Bonchev–Trinajstić information content (AvgIpc) is 2.62. The van der Waals surface area contributed by atoms with Gasteiger partial charge >= 0.3 is 5.97 Å². The van der Waals surface area contributed by atoms with E-state index in [1.54, 1.807) is 12.1 Å². The number of hydrogen-bond acceptors (Lipinski definition) is 5. The first-order valence-electron chi connectivity index (χ1n) is 7.74. The van der Waals surface area contributed by atoms with Crippen LogP contribution >= 0.6 is 11.6 Å². The van der Waals surface area contributed by atoms with Crippen LogP contribution in [0.25, 0.3) is 11.0 Å². The molecule has 0 amide bonds. The number of esters is 1. The van der Waals surface area contributed by atoms with Crippen molar-refractivity contribution in [3.05, 3.63) is 59.0 Å². The molecule has 1 N–H and O–H groups in total. The van der Waals surface area contributed by atoms with Crippen molar-refractivity contribution in [2.75, 3.05) is 11.9 Å². The molecule has 0 saturated heterocycles. The van der Waals surface area contributed by atoms with Gasteiger partial charge in [-0.2, -0.15) is 0 Å². The number of fused-ring (bicyclic) bond motifs is 1. The first-order valence-corrected chi connectivity index (χ1v) is 8.12. The topological polar surface area (TPSA) is 64.1 Å². The fourth-order valence-electron chi connectivity index (χ4n) is 2.20. The van der Waals surface area contributed by atoms with Crippen LogP contribution in [0, 0.1) is 5.82 Å². The number of aromatic nitrogens is 2. The van der Waals surface area contributed by atoms with E-state index in [4.69, 9.17) is 16.3 Å². The van der Waals surface area contributed by atoms with Crippen molar-refractivity contribution >= 4 is 40.1 Å². The molecule has 3 aromatic rings. The highest BCUT2D eigenvalue weighted by Crippen LogP contribution is 2.25. The van der Waals surface area contributed by atoms with Gasteiger partial charge in [-0.15, -0.1) is 0 Å². The lowest BCUT2D eigenvalue weighted by Gasteiger charge is -2.12. The number of para-hydroxylation sites is 2. The Kier molecular flexibility index (Phi) is 5.09. The molecule has 0 aliphatic carbocycles. The highest BCUT2D eigenvalue weighted by atomic mass is 35.5. The van der Waals surface area contributed by atoms with Gasteiger partial charge in [-0.1, -0.05) is 30.7 Å². The van der Waals surface area contributed by atoms with Gasteiger partial charge in [-0.25, -0.2) is 19.2 Å². The second-order valence-electron chi connectivity index (χ2n) is 5.30. The van der Waals surface area contributed by atoms with Crippen molar-refractivity contribution in [3.8, 4) is 0 Å². The van der Waals surface area contributed by atoms with Gasteiger partial charge in [0.2, 0.25) is 0 Å². The van der Waals surface area contributed by atoms with E-state index in [1.165, 1.54) is 18.2 Å². The van der Waals surface area contributed by atoms with E-state index in [-0.39, 0.29) is 23.1 Å². The normalized spacial score (nSPS) is 10.7. The van der Waals surface area contributed by atoms with E-state index in [0.717, 1.165) is 0 Å². The molecule has 25 heavy (non-hydrogen) atoms. The summed E-state index contributed by atoms with van der Waals surface area (Å²) < 4.78 is 18.5. The number of nitrogens with zero attached hydrogens (tertiary/aromatic N) is 2. The number of carbonyl (C=O) groups is 1. The number of anilines is 2. The lowest BCUT2D eigenvalue weighted by atomic mass is 10.2. The lowest BCUT2D eigenvalue weighted by molar-refractivity contribution is 0.0499. The Morgan fingerprint density at radius 3 is 2.60 bits per heavy atom. The Morgan fingerprint density at radius 2 is 1.92 bits per heavy atom. The number of rotatable bonds is 5. The summed E-state index contributed by atoms with van der Waals surface area (Å²) in [5, 5.41) is 2.93. The summed E-state index contributed by atoms with van der Waals surface area (Å²) >= 11 is 5.80. The van der Waals surface area contributed by atoms with Crippen LogP contribution in [0.4, 0.5) is 15.9 Å². The van der Waals surface area contributed by atoms with E-state index in [1.807, 2.05) is 19.1 Å². The summed E-state index contributed by atoms with van der Waals surface area (Å²) in [6.07, 6.45) is 0.698. The Balaban J connectivity index is 2.03. The molecule has 0 aliphatic rings. The predicted molar refractivity (Wildman–Crippen MR) is 94.8 cm³/mol. The summed E-state index contributed by atoms with van der Waals surface area (Å²) in [6, 6.07) is 11.3. The molecule has 0 unspecified atom stereocenters. The monoisotopic (exact) mass is 359 g/mol. The smallest absolute Gasteiger partial charge is 0.360 e. The fraction of sp³-hybridized carbons (Fsp3) is 0.167. The zero-order chi connectivity index (χ0) is 17.8. The molecule has 1 aromatic heterocycles. The summed E-state index contributed by atoms with van der Waals surface area (Å²) in [5.74, 6) is -0.877. The van der Waals surface area contributed by atoms with Crippen LogP contribution in [0.3, 0.4) is 0 Å². The Bertz CT molecular complexity index is 933. The van der Waals surface area contributed by atoms with Crippen LogP contribution in [-0.2, 0) is 4.74 Å². The van der Waals surface area contributed by atoms with E-state index in [9.17, 15) is 9.18 Å². The minimum Gasteiger partial charge on any atom is -0.461 e. The molecule has 5 nitrogen and oxygen atoms in total. The second-order valence-corrected chi connectivity index (χ2v) is 5.71. The summed E-state index contributed by atoms with van der Waals surface area (Å²) in [6.45, 7) is 2.19. The van der Waals surface area contributed by atoms with E-state index < -0.39 is 11.8 Å². The van der Waals surface area contributed by atoms with Crippen molar-refractivity contribution in [2.45, 2.75) is 13.3 Å². The molecule has 0 saturated carbocycles. The Hall–Kier alpha value is -2.73. The summed E-state index contributed by atoms with van der Waals surface area (Å²) in [5.41, 5.74) is 1.74. The maximum absolute atomic E-state index is 13.3. The quantitative estimate of drug-likeness (QED) is 0.667. The van der Waals surface area contributed by atoms with Gasteiger partial charge in [0.25, 0.3) is 0 Å². The van der Waals surface area contributed by atoms with Gasteiger partial charge in [0.1, 0.15) is 5.82 Å². The highest BCUT2D eigenvalue weighted by molar-refractivity contribution is 6.31. The highest BCUT2D eigenvalue weighted by Gasteiger charge is 2.18. The number of ether oxygens (including phenoxy) is 1.